The Labute approximate surface area is 175 Å². The molecule has 0 saturated heterocycles. The van der Waals surface area contributed by atoms with Crippen molar-refractivity contribution in [2.75, 3.05) is 28.4 Å². The second-order valence-electron chi connectivity index (χ2n) is 6.52. The highest BCUT2D eigenvalue weighted by atomic mass is 16.5. The van der Waals surface area contributed by atoms with E-state index in [1.54, 1.807) is 46.6 Å². The summed E-state index contributed by atoms with van der Waals surface area (Å²) >= 11 is 0. The van der Waals surface area contributed by atoms with Crippen LogP contribution in [0.15, 0.2) is 52.9 Å². The Balaban J connectivity index is 1.67. The van der Waals surface area contributed by atoms with Gasteiger partial charge in [0.2, 0.25) is 0 Å². The molecule has 0 atom stereocenters. The van der Waals surface area contributed by atoms with Gasteiger partial charge in [0.15, 0.2) is 5.76 Å². The Bertz CT molecular complexity index is 988. The third-order valence-electron chi connectivity index (χ3n) is 4.60. The van der Waals surface area contributed by atoms with Gasteiger partial charge in [0.25, 0.3) is 5.91 Å². The minimum atomic E-state index is -0.305. The maximum absolute atomic E-state index is 12.5. The molecule has 1 amide bonds. The Kier molecular flexibility index (Phi) is 6.85. The van der Waals surface area contributed by atoms with E-state index in [4.69, 9.17) is 23.4 Å². The van der Waals surface area contributed by atoms with Gasteiger partial charge in [-0.05, 0) is 48.0 Å². The molecule has 0 radical (unpaired) electrons. The third-order valence-corrected chi connectivity index (χ3v) is 4.60. The Morgan fingerprint density at radius 1 is 0.833 bits per heavy atom. The molecule has 1 aromatic heterocycles. The van der Waals surface area contributed by atoms with Crippen molar-refractivity contribution in [1.82, 2.24) is 5.32 Å². The molecule has 7 heteroatoms. The molecule has 0 spiro atoms. The van der Waals surface area contributed by atoms with Gasteiger partial charge in [-0.1, -0.05) is 0 Å². The van der Waals surface area contributed by atoms with Crippen molar-refractivity contribution in [2.45, 2.75) is 13.0 Å². The van der Waals surface area contributed by atoms with Crippen LogP contribution in [0, 0.1) is 0 Å². The lowest BCUT2D eigenvalue weighted by atomic mass is 10.1. The summed E-state index contributed by atoms with van der Waals surface area (Å²) in [6, 6.07) is 14.4. The van der Waals surface area contributed by atoms with Crippen molar-refractivity contribution < 1.29 is 28.2 Å². The normalized spacial score (nSPS) is 10.4. The molecule has 3 aromatic rings. The van der Waals surface area contributed by atoms with Crippen molar-refractivity contribution in [3.8, 4) is 23.0 Å². The van der Waals surface area contributed by atoms with Gasteiger partial charge in [-0.2, -0.15) is 0 Å². The average molecular weight is 411 g/mol. The number of benzene rings is 2. The number of hydrogen-bond acceptors (Lipinski definition) is 6. The molecule has 0 aliphatic rings. The van der Waals surface area contributed by atoms with Crippen molar-refractivity contribution in [3.63, 3.8) is 0 Å². The van der Waals surface area contributed by atoms with Crippen LogP contribution in [-0.4, -0.2) is 34.3 Å². The Morgan fingerprint density at radius 3 is 2.17 bits per heavy atom. The minimum Gasteiger partial charge on any atom is -0.497 e. The minimum absolute atomic E-state index is 0.238. The molecule has 0 unspecified atom stereocenters. The van der Waals surface area contributed by atoms with Crippen LogP contribution in [0.1, 0.15) is 27.4 Å². The predicted molar refractivity (Wildman–Crippen MR) is 112 cm³/mol. The number of amides is 1. The topological polar surface area (TPSA) is 79.2 Å². The smallest absolute Gasteiger partial charge is 0.287 e. The Hall–Kier alpha value is -3.61. The zero-order valence-corrected chi connectivity index (χ0v) is 17.5. The maximum Gasteiger partial charge on any atom is 0.287 e. The fourth-order valence-corrected chi connectivity index (χ4v) is 3.04. The van der Waals surface area contributed by atoms with E-state index in [-0.39, 0.29) is 11.7 Å². The number of hydrogen-bond donors (Lipinski definition) is 1. The first-order valence-corrected chi connectivity index (χ1v) is 9.36. The largest absolute Gasteiger partial charge is 0.497 e. The van der Waals surface area contributed by atoms with E-state index in [0.29, 0.717) is 30.2 Å². The van der Waals surface area contributed by atoms with Crippen LogP contribution in [0.4, 0.5) is 0 Å². The molecule has 3 rings (SSSR count). The van der Waals surface area contributed by atoms with Crippen molar-refractivity contribution in [1.29, 1.82) is 0 Å². The third kappa shape index (κ3) is 5.05. The van der Waals surface area contributed by atoms with Gasteiger partial charge in [-0.25, -0.2) is 0 Å². The molecule has 0 bridgehead atoms. The molecular weight excluding hydrogens is 386 g/mol. The summed E-state index contributed by atoms with van der Waals surface area (Å²) in [7, 11) is 6.39. The summed E-state index contributed by atoms with van der Waals surface area (Å²) in [5.74, 6) is 3.35. The zero-order chi connectivity index (χ0) is 21.5. The molecule has 30 heavy (non-hydrogen) atoms. The lowest BCUT2D eigenvalue weighted by Gasteiger charge is -2.09. The zero-order valence-electron chi connectivity index (χ0n) is 17.5. The van der Waals surface area contributed by atoms with Crippen LogP contribution in [0.2, 0.25) is 0 Å². The molecule has 7 nitrogen and oxygen atoms in total. The number of nitrogens with one attached hydrogen (secondary N) is 1. The van der Waals surface area contributed by atoms with E-state index >= 15 is 0 Å². The molecule has 0 fully saturated rings. The van der Waals surface area contributed by atoms with Crippen LogP contribution in [-0.2, 0) is 13.0 Å². The fraction of sp³-hybridized carbons (Fsp3) is 0.261. The molecule has 0 aliphatic carbocycles. The van der Waals surface area contributed by atoms with E-state index < -0.39 is 0 Å². The SMILES string of the molecule is COc1cc(CNC(=O)c2ccc(Cc3cc(OC)ccc3OC)o2)cc(OC)c1. The molecule has 1 heterocycles. The predicted octanol–water partition coefficient (Wildman–Crippen LogP) is 3.83. The van der Waals surface area contributed by atoms with Crippen molar-refractivity contribution in [2.24, 2.45) is 0 Å². The first kappa shape index (κ1) is 21.1. The maximum atomic E-state index is 12.5. The first-order chi connectivity index (χ1) is 14.6. The molecule has 2 aromatic carbocycles. The summed E-state index contributed by atoms with van der Waals surface area (Å²) in [4.78, 5) is 12.5. The van der Waals surface area contributed by atoms with Gasteiger partial charge in [0.05, 0.1) is 28.4 Å². The van der Waals surface area contributed by atoms with Gasteiger partial charge < -0.3 is 28.7 Å². The van der Waals surface area contributed by atoms with Crippen LogP contribution in [0.3, 0.4) is 0 Å². The molecule has 0 aliphatic heterocycles. The van der Waals surface area contributed by atoms with E-state index in [1.165, 1.54) is 0 Å². The monoisotopic (exact) mass is 411 g/mol. The summed E-state index contributed by atoms with van der Waals surface area (Å²) in [5, 5.41) is 2.85. The fourth-order valence-electron chi connectivity index (χ4n) is 3.04. The van der Waals surface area contributed by atoms with Gasteiger partial charge in [-0.15, -0.1) is 0 Å². The van der Waals surface area contributed by atoms with Gasteiger partial charge in [0, 0.05) is 24.6 Å². The number of ether oxygens (including phenoxy) is 4. The molecule has 1 N–H and O–H groups in total. The number of carbonyl (C=O) groups is 1. The number of furan rings is 1. The highest BCUT2D eigenvalue weighted by molar-refractivity contribution is 5.91. The molecule has 0 saturated carbocycles. The lowest BCUT2D eigenvalue weighted by molar-refractivity contribution is 0.0921. The van der Waals surface area contributed by atoms with E-state index in [2.05, 4.69) is 5.32 Å². The van der Waals surface area contributed by atoms with E-state index in [0.717, 1.165) is 22.6 Å². The van der Waals surface area contributed by atoms with Crippen LogP contribution < -0.4 is 24.3 Å². The Morgan fingerprint density at radius 2 is 1.53 bits per heavy atom. The standard InChI is InChI=1S/C23H25NO6/c1-26-17-5-7-21(29-4)16(11-17)12-18-6-8-22(30-18)23(25)24-14-15-9-19(27-2)13-20(10-15)28-3/h5-11,13H,12,14H2,1-4H3,(H,24,25). The van der Waals surface area contributed by atoms with Crippen molar-refractivity contribution in [3.05, 3.63) is 71.2 Å². The average Bonchev–Trinajstić information content (AvgIpc) is 3.25. The quantitative estimate of drug-likeness (QED) is 0.576. The molecule has 158 valence electrons. The van der Waals surface area contributed by atoms with E-state index in [1.807, 2.05) is 30.3 Å². The molecular formula is C23H25NO6. The van der Waals surface area contributed by atoms with E-state index in [9.17, 15) is 4.79 Å². The van der Waals surface area contributed by atoms with Gasteiger partial charge in [0.1, 0.15) is 28.8 Å². The summed E-state index contributed by atoms with van der Waals surface area (Å²) in [5.41, 5.74) is 1.76. The first-order valence-electron chi connectivity index (χ1n) is 9.36. The second kappa shape index (κ2) is 9.73. The van der Waals surface area contributed by atoms with Crippen LogP contribution in [0.25, 0.3) is 0 Å². The highest BCUT2D eigenvalue weighted by Gasteiger charge is 2.14. The summed E-state index contributed by atoms with van der Waals surface area (Å²) in [6.07, 6.45) is 0.473. The highest BCUT2D eigenvalue weighted by Crippen LogP contribution is 2.27. The lowest BCUT2D eigenvalue weighted by Crippen LogP contribution is -2.22. The van der Waals surface area contributed by atoms with Gasteiger partial charge >= 0.3 is 0 Å². The summed E-state index contributed by atoms with van der Waals surface area (Å²) < 4.78 is 26.9. The second-order valence-corrected chi connectivity index (χ2v) is 6.52. The van der Waals surface area contributed by atoms with Crippen LogP contribution >= 0.6 is 0 Å². The summed E-state index contributed by atoms with van der Waals surface area (Å²) in [6.45, 7) is 0.312. The number of rotatable bonds is 9. The number of methoxy groups -OCH3 is 4. The number of carbonyl (C=O) groups excluding carboxylic acids is 1. The van der Waals surface area contributed by atoms with Crippen LogP contribution in [0.5, 0.6) is 23.0 Å². The van der Waals surface area contributed by atoms with Gasteiger partial charge in [-0.3, -0.25) is 4.79 Å². The van der Waals surface area contributed by atoms with Crippen molar-refractivity contribution >= 4 is 5.91 Å².